The van der Waals surface area contributed by atoms with Crippen LogP contribution in [0.15, 0.2) is 48.2 Å². The number of esters is 1. The largest absolute Gasteiger partial charge is 0.505 e. The molecule has 0 aliphatic carbocycles. The van der Waals surface area contributed by atoms with E-state index in [2.05, 4.69) is 30.7 Å². The molecule has 1 fully saturated rings. The Morgan fingerprint density at radius 2 is 1.73 bits per heavy atom. The third-order valence-corrected chi connectivity index (χ3v) is 8.34. The fourth-order valence-electron chi connectivity index (χ4n) is 4.95. The van der Waals surface area contributed by atoms with Gasteiger partial charge in [-0.05, 0) is 48.9 Å². The topological polar surface area (TPSA) is 114 Å². The molecule has 5 rings (SSSR count). The molecule has 1 unspecified atom stereocenters. The van der Waals surface area contributed by atoms with Crippen LogP contribution in [0.4, 0.5) is 5.13 Å². The smallest absolute Gasteiger partial charge is 0.350 e. The van der Waals surface area contributed by atoms with E-state index in [1.54, 1.807) is 13.8 Å². The maximum absolute atomic E-state index is 13.6. The van der Waals surface area contributed by atoms with Gasteiger partial charge in [0.15, 0.2) is 10.9 Å². The van der Waals surface area contributed by atoms with Crippen molar-refractivity contribution < 1.29 is 24.2 Å². The Kier molecular flexibility index (Phi) is 6.62. The number of aliphatic hydroxyl groups is 1. The molecule has 4 aromatic rings. The molecule has 10 heteroatoms. The van der Waals surface area contributed by atoms with Gasteiger partial charge in [0.25, 0.3) is 5.78 Å². The van der Waals surface area contributed by atoms with Crippen molar-refractivity contribution in [3.05, 3.63) is 86.8 Å². The Hall–Kier alpha value is -4.31. The van der Waals surface area contributed by atoms with Crippen molar-refractivity contribution in [1.82, 2.24) is 14.4 Å². The summed E-state index contributed by atoms with van der Waals surface area (Å²) < 4.78 is 6.70. The van der Waals surface area contributed by atoms with E-state index in [0.717, 1.165) is 22.5 Å². The summed E-state index contributed by atoms with van der Waals surface area (Å²) in [6.45, 7) is 11.6. The number of ether oxygens (including phenoxy) is 1. The van der Waals surface area contributed by atoms with Crippen LogP contribution in [0.5, 0.6) is 0 Å². The number of pyridine rings is 1. The van der Waals surface area contributed by atoms with Gasteiger partial charge in [0.05, 0.1) is 30.1 Å². The van der Waals surface area contributed by atoms with Crippen LogP contribution < -0.4 is 4.90 Å². The fourth-order valence-corrected chi connectivity index (χ4v) is 5.96. The van der Waals surface area contributed by atoms with E-state index in [9.17, 15) is 19.5 Å². The molecule has 40 heavy (non-hydrogen) atoms. The Morgan fingerprint density at radius 3 is 2.33 bits per heavy atom. The summed E-state index contributed by atoms with van der Waals surface area (Å²) >= 11 is 0.963. The van der Waals surface area contributed by atoms with Crippen molar-refractivity contribution in [3.63, 3.8) is 0 Å². The summed E-state index contributed by atoms with van der Waals surface area (Å²) in [7, 11) is 1.27. The number of amides is 1. The lowest BCUT2D eigenvalue weighted by atomic mass is 9.85. The second-order valence-electron chi connectivity index (χ2n) is 10.9. The Bertz CT molecular complexity index is 1720. The van der Waals surface area contributed by atoms with Gasteiger partial charge in [-0.2, -0.15) is 0 Å². The van der Waals surface area contributed by atoms with Crippen molar-refractivity contribution >= 4 is 45.5 Å². The average molecular weight is 559 g/mol. The average Bonchev–Trinajstić information content (AvgIpc) is 3.55. The quantitative estimate of drug-likeness (QED) is 0.154. The zero-order valence-corrected chi connectivity index (χ0v) is 24.2. The number of aliphatic hydroxyl groups excluding tert-OH is 1. The summed E-state index contributed by atoms with van der Waals surface area (Å²) in [5.74, 6) is -2.66. The summed E-state index contributed by atoms with van der Waals surface area (Å²) in [5, 5.41) is 11.8. The number of benzene rings is 1. The van der Waals surface area contributed by atoms with E-state index in [-0.39, 0.29) is 32.4 Å². The second kappa shape index (κ2) is 9.71. The number of hydrogen-bond acceptors (Lipinski definition) is 8. The molecule has 1 aliphatic rings. The van der Waals surface area contributed by atoms with Crippen LogP contribution in [0.25, 0.3) is 11.4 Å². The first-order valence-corrected chi connectivity index (χ1v) is 13.6. The summed E-state index contributed by atoms with van der Waals surface area (Å²) in [6.07, 6.45) is 1.83. The molecular formula is C30H30N4O5S. The predicted molar refractivity (Wildman–Crippen MR) is 153 cm³/mol. The molecule has 1 amide bonds. The summed E-state index contributed by atoms with van der Waals surface area (Å²) in [4.78, 5) is 50.1. The molecule has 0 saturated carbocycles. The molecule has 1 saturated heterocycles. The van der Waals surface area contributed by atoms with Gasteiger partial charge in [-0.3, -0.25) is 14.5 Å². The predicted octanol–water partition coefficient (Wildman–Crippen LogP) is 5.43. The standard InChI is InChI=1S/C30H30N4O5S/c1-15-9-8-14-33-17(3)21(32-26(15)33)23(35)20-22(18-10-12-19(13-11-18)30(4,5)6)34(27(37)24(20)36)29-31-16(2)25(40-29)28(38)39-7/h8-14,22,35H,1-7H3/b23-20+. The monoisotopic (exact) mass is 558 g/mol. The number of Topliss-reactive ketones (excluding diaryl/α,β-unsaturated/α-hetero) is 1. The minimum atomic E-state index is -0.990. The van der Waals surface area contributed by atoms with Gasteiger partial charge in [0.1, 0.15) is 16.2 Å². The van der Waals surface area contributed by atoms with Crippen LogP contribution in [0, 0.1) is 20.8 Å². The number of imidazole rings is 1. The van der Waals surface area contributed by atoms with E-state index in [4.69, 9.17) is 4.74 Å². The van der Waals surface area contributed by atoms with Gasteiger partial charge in [0, 0.05) is 6.20 Å². The Balaban J connectivity index is 1.75. The number of fused-ring (bicyclic) bond motifs is 1. The molecule has 1 atom stereocenters. The number of aryl methyl sites for hydroxylation is 3. The van der Waals surface area contributed by atoms with Crippen LogP contribution in [0.3, 0.4) is 0 Å². The Morgan fingerprint density at radius 1 is 1.05 bits per heavy atom. The molecule has 206 valence electrons. The SMILES string of the molecule is COC(=O)c1sc(N2C(=O)C(=O)/C(=C(/O)c3nc4c(C)cccn4c3C)C2c2ccc(C(C)(C)C)cc2)nc1C. The van der Waals surface area contributed by atoms with Gasteiger partial charge < -0.3 is 14.2 Å². The highest BCUT2D eigenvalue weighted by molar-refractivity contribution is 7.17. The molecule has 4 heterocycles. The summed E-state index contributed by atoms with van der Waals surface area (Å²) in [6, 6.07) is 10.4. The highest BCUT2D eigenvalue weighted by Crippen LogP contribution is 2.44. The first kappa shape index (κ1) is 27.3. The zero-order chi connectivity index (χ0) is 29.1. The second-order valence-corrected chi connectivity index (χ2v) is 11.9. The molecule has 1 aromatic carbocycles. The van der Waals surface area contributed by atoms with E-state index in [0.29, 0.717) is 22.6 Å². The lowest BCUT2D eigenvalue weighted by Crippen LogP contribution is -2.29. The van der Waals surface area contributed by atoms with Gasteiger partial charge in [-0.1, -0.05) is 62.4 Å². The number of methoxy groups -OCH3 is 1. The molecule has 3 aromatic heterocycles. The highest BCUT2D eigenvalue weighted by Gasteiger charge is 2.49. The number of anilines is 1. The van der Waals surface area contributed by atoms with Gasteiger partial charge in [-0.15, -0.1) is 0 Å². The highest BCUT2D eigenvalue weighted by atomic mass is 32.1. The van der Waals surface area contributed by atoms with Crippen molar-refractivity contribution in [1.29, 1.82) is 0 Å². The van der Waals surface area contributed by atoms with E-state index in [1.807, 2.05) is 53.9 Å². The maximum atomic E-state index is 13.6. The number of ketones is 1. The summed E-state index contributed by atoms with van der Waals surface area (Å²) in [5.41, 5.74) is 4.22. The number of carbonyl (C=O) groups is 3. The van der Waals surface area contributed by atoms with Gasteiger partial charge in [0.2, 0.25) is 0 Å². The van der Waals surface area contributed by atoms with Crippen LogP contribution >= 0.6 is 11.3 Å². The van der Waals surface area contributed by atoms with Crippen LogP contribution in [-0.2, 0) is 19.7 Å². The number of hydrogen-bond donors (Lipinski definition) is 1. The van der Waals surface area contributed by atoms with Gasteiger partial charge in [-0.25, -0.2) is 14.8 Å². The lowest BCUT2D eigenvalue weighted by molar-refractivity contribution is -0.132. The first-order valence-electron chi connectivity index (χ1n) is 12.8. The van der Waals surface area contributed by atoms with Crippen LogP contribution in [0.2, 0.25) is 0 Å². The van der Waals surface area contributed by atoms with Gasteiger partial charge >= 0.3 is 11.9 Å². The normalized spacial score (nSPS) is 17.2. The number of nitrogens with zero attached hydrogens (tertiary/aromatic N) is 4. The lowest BCUT2D eigenvalue weighted by Gasteiger charge is -2.24. The number of rotatable bonds is 4. The first-order chi connectivity index (χ1) is 18.8. The molecule has 1 aliphatic heterocycles. The molecule has 0 radical (unpaired) electrons. The van der Waals surface area contributed by atoms with Crippen molar-refractivity contribution in [2.24, 2.45) is 0 Å². The van der Waals surface area contributed by atoms with Crippen LogP contribution in [-0.4, -0.2) is 44.2 Å². The van der Waals surface area contributed by atoms with Crippen LogP contribution in [0.1, 0.15) is 70.3 Å². The van der Waals surface area contributed by atoms with Crippen molar-refractivity contribution in [3.8, 4) is 0 Å². The van der Waals surface area contributed by atoms with Crippen molar-refractivity contribution in [2.75, 3.05) is 12.0 Å². The fraction of sp³-hybridized carbons (Fsp3) is 0.300. The third-order valence-electron chi connectivity index (χ3n) is 7.21. The Labute approximate surface area is 235 Å². The molecule has 0 spiro atoms. The zero-order valence-electron chi connectivity index (χ0n) is 23.4. The third kappa shape index (κ3) is 4.28. The molecular weight excluding hydrogens is 528 g/mol. The number of thiazole rings is 1. The van der Waals surface area contributed by atoms with E-state index < -0.39 is 23.7 Å². The molecule has 9 nitrogen and oxygen atoms in total. The minimum absolute atomic E-state index is 0.0925. The molecule has 1 N–H and O–H groups in total. The van der Waals surface area contributed by atoms with E-state index >= 15 is 0 Å². The maximum Gasteiger partial charge on any atom is 0.350 e. The minimum Gasteiger partial charge on any atom is -0.505 e. The molecule has 0 bridgehead atoms. The number of carbonyl (C=O) groups excluding carboxylic acids is 3. The van der Waals surface area contributed by atoms with Crippen molar-refractivity contribution in [2.45, 2.75) is 53.0 Å². The number of aromatic nitrogens is 3. The van der Waals surface area contributed by atoms with E-state index in [1.165, 1.54) is 12.0 Å².